The second-order valence-corrected chi connectivity index (χ2v) is 4.38. The van der Waals surface area contributed by atoms with E-state index in [2.05, 4.69) is 26.6 Å². The minimum Gasteiger partial charge on any atom is -0.356 e. The zero-order valence-corrected chi connectivity index (χ0v) is 10.2. The summed E-state index contributed by atoms with van der Waals surface area (Å²) in [6.45, 7) is 4.83. The minimum atomic E-state index is -0.207. The van der Waals surface area contributed by atoms with E-state index in [1.807, 2.05) is 6.92 Å². The standard InChI is InChI=1S/C9H17BrN2O2/c1-3-5-11-8(13)4-6-12-9(14)7(2)10/h7H,3-6H2,1-2H3,(H,11,13)(H,12,14). The molecule has 0 aromatic heterocycles. The van der Waals surface area contributed by atoms with Gasteiger partial charge in [-0.05, 0) is 13.3 Å². The number of carbonyl (C=O) groups is 2. The molecule has 0 aromatic rings. The third-order valence-corrected chi connectivity index (χ3v) is 2.00. The summed E-state index contributed by atoms with van der Waals surface area (Å²) in [6, 6.07) is 0. The molecule has 0 aliphatic heterocycles. The summed E-state index contributed by atoms with van der Waals surface area (Å²) in [5, 5.41) is 5.38. The molecule has 1 unspecified atom stereocenters. The van der Waals surface area contributed by atoms with E-state index < -0.39 is 0 Å². The number of amides is 2. The van der Waals surface area contributed by atoms with Crippen molar-refractivity contribution in [1.82, 2.24) is 10.6 Å². The maximum atomic E-state index is 11.1. The van der Waals surface area contributed by atoms with E-state index in [0.29, 0.717) is 19.5 Å². The number of rotatable bonds is 6. The molecule has 0 rings (SSSR count). The van der Waals surface area contributed by atoms with E-state index in [1.54, 1.807) is 6.92 Å². The molecule has 1 atom stereocenters. The lowest BCUT2D eigenvalue weighted by molar-refractivity contribution is -0.121. The number of alkyl halides is 1. The Morgan fingerprint density at radius 1 is 1.29 bits per heavy atom. The van der Waals surface area contributed by atoms with Gasteiger partial charge in [0.25, 0.3) is 0 Å². The van der Waals surface area contributed by atoms with Crippen LogP contribution in [0.5, 0.6) is 0 Å². The SMILES string of the molecule is CCCNC(=O)CCNC(=O)C(C)Br. The first-order valence-corrected chi connectivity index (χ1v) is 5.68. The van der Waals surface area contributed by atoms with Crippen LogP contribution >= 0.6 is 15.9 Å². The molecular formula is C9H17BrN2O2. The highest BCUT2D eigenvalue weighted by Gasteiger charge is 2.07. The van der Waals surface area contributed by atoms with E-state index in [4.69, 9.17) is 0 Å². The summed E-state index contributed by atoms with van der Waals surface area (Å²) in [4.78, 5) is 21.9. The molecule has 82 valence electrons. The summed E-state index contributed by atoms with van der Waals surface area (Å²) >= 11 is 3.14. The fourth-order valence-electron chi connectivity index (χ4n) is 0.793. The molecule has 2 N–H and O–H groups in total. The molecule has 0 spiro atoms. The Kier molecular flexibility index (Phi) is 7.47. The van der Waals surface area contributed by atoms with Gasteiger partial charge in [-0.2, -0.15) is 0 Å². The first kappa shape index (κ1) is 13.4. The van der Waals surface area contributed by atoms with Gasteiger partial charge in [0.1, 0.15) is 0 Å². The van der Waals surface area contributed by atoms with Crippen LogP contribution in [0.2, 0.25) is 0 Å². The van der Waals surface area contributed by atoms with E-state index in [0.717, 1.165) is 6.42 Å². The van der Waals surface area contributed by atoms with Crippen LogP contribution < -0.4 is 10.6 Å². The van der Waals surface area contributed by atoms with Crippen molar-refractivity contribution in [3.63, 3.8) is 0 Å². The highest BCUT2D eigenvalue weighted by molar-refractivity contribution is 9.10. The first-order chi connectivity index (χ1) is 6.57. The van der Waals surface area contributed by atoms with Crippen LogP contribution in [0.3, 0.4) is 0 Å². The molecule has 0 aliphatic carbocycles. The van der Waals surface area contributed by atoms with Gasteiger partial charge in [0.2, 0.25) is 11.8 Å². The lowest BCUT2D eigenvalue weighted by atomic mass is 10.3. The first-order valence-electron chi connectivity index (χ1n) is 4.76. The molecule has 0 aromatic carbocycles. The number of halogens is 1. The molecule has 0 fully saturated rings. The summed E-state index contributed by atoms with van der Waals surface area (Å²) < 4.78 is 0. The molecule has 4 nitrogen and oxygen atoms in total. The Morgan fingerprint density at radius 3 is 2.43 bits per heavy atom. The maximum Gasteiger partial charge on any atom is 0.233 e. The molecule has 0 saturated carbocycles. The van der Waals surface area contributed by atoms with Crippen LogP contribution in [0.25, 0.3) is 0 Å². The quantitative estimate of drug-likeness (QED) is 0.698. The number of hydrogen-bond acceptors (Lipinski definition) is 2. The van der Waals surface area contributed by atoms with Crippen LogP contribution in [0, 0.1) is 0 Å². The number of nitrogens with one attached hydrogen (secondary N) is 2. The Labute approximate surface area is 92.9 Å². The van der Waals surface area contributed by atoms with Gasteiger partial charge in [0.05, 0.1) is 4.83 Å². The van der Waals surface area contributed by atoms with Crippen molar-refractivity contribution in [2.75, 3.05) is 13.1 Å². The zero-order chi connectivity index (χ0) is 11.0. The molecule has 0 aliphatic rings. The normalized spacial score (nSPS) is 11.9. The van der Waals surface area contributed by atoms with Crippen molar-refractivity contribution in [3.05, 3.63) is 0 Å². The van der Waals surface area contributed by atoms with E-state index in [9.17, 15) is 9.59 Å². The fraction of sp³-hybridized carbons (Fsp3) is 0.778. The second-order valence-electron chi connectivity index (χ2n) is 3.01. The highest BCUT2D eigenvalue weighted by atomic mass is 79.9. The van der Waals surface area contributed by atoms with Gasteiger partial charge in [0.15, 0.2) is 0 Å². The molecule has 2 amide bonds. The Morgan fingerprint density at radius 2 is 1.93 bits per heavy atom. The summed E-state index contributed by atoms with van der Waals surface area (Å²) in [7, 11) is 0. The monoisotopic (exact) mass is 264 g/mol. The van der Waals surface area contributed by atoms with Crippen LogP contribution in [0.1, 0.15) is 26.7 Å². The summed E-state index contributed by atoms with van der Waals surface area (Å²) in [6.07, 6.45) is 1.27. The second kappa shape index (κ2) is 7.79. The molecule has 0 radical (unpaired) electrons. The number of hydrogen-bond donors (Lipinski definition) is 2. The molecule has 5 heteroatoms. The largest absolute Gasteiger partial charge is 0.356 e. The van der Waals surface area contributed by atoms with E-state index in [1.165, 1.54) is 0 Å². The van der Waals surface area contributed by atoms with Crippen molar-refractivity contribution < 1.29 is 9.59 Å². The van der Waals surface area contributed by atoms with Crippen LogP contribution in [-0.4, -0.2) is 29.7 Å². The van der Waals surface area contributed by atoms with E-state index >= 15 is 0 Å². The lowest BCUT2D eigenvalue weighted by Gasteiger charge is -2.06. The molecule has 14 heavy (non-hydrogen) atoms. The smallest absolute Gasteiger partial charge is 0.233 e. The van der Waals surface area contributed by atoms with Crippen LogP contribution in [-0.2, 0) is 9.59 Å². The maximum absolute atomic E-state index is 11.1. The Hall–Kier alpha value is -0.580. The highest BCUT2D eigenvalue weighted by Crippen LogP contribution is 1.95. The summed E-state index contributed by atoms with van der Waals surface area (Å²) in [5.41, 5.74) is 0. The van der Waals surface area contributed by atoms with Crippen molar-refractivity contribution in [3.8, 4) is 0 Å². The van der Waals surface area contributed by atoms with Crippen LogP contribution in [0.15, 0.2) is 0 Å². The van der Waals surface area contributed by atoms with Crippen LogP contribution in [0.4, 0.5) is 0 Å². The van der Waals surface area contributed by atoms with Gasteiger partial charge >= 0.3 is 0 Å². The van der Waals surface area contributed by atoms with Gasteiger partial charge in [-0.15, -0.1) is 0 Å². The summed E-state index contributed by atoms with van der Waals surface area (Å²) in [5.74, 6) is -0.109. The molecular weight excluding hydrogens is 248 g/mol. The molecule has 0 bridgehead atoms. The van der Waals surface area contributed by atoms with Crippen molar-refractivity contribution in [1.29, 1.82) is 0 Å². The third-order valence-electron chi connectivity index (χ3n) is 1.58. The predicted molar refractivity (Wildman–Crippen MR) is 59.3 cm³/mol. The molecule has 0 saturated heterocycles. The lowest BCUT2D eigenvalue weighted by Crippen LogP contribution is -2.33. The van der Waals surface area contributed by atoms with Gasteiger partial charge in [-0.25, -0.2) is 0 Å². The topological polar surface area (TPSA) is 58.2 Å². The number of carbonyl (C=O) groups excluding carboxylic acids is 2. The minimum absolute atomic E-state index is 0.0191. The van der Waals surface area contributed by atoms with Crippen molar-refractivity contribution >= 4 is 27.7 Å². The predicted octanol–water partition coefficient (Wildman–Crippen LogP) is 0.802. The van der Waals surface area contributed by atoms with E-state index in [-0.39, 0.29) is 16.6 Å². The molecule has 0 heterocycles. The van der Waals surface area contributed by atoms with Crippen molar-refractivity contribution in [2.24, 2.45) is 0 Å². The third kappa shape index (κ3) is 6.88. The average molecular weight is 265 g/mol. The Bertz CT molecular complexity index is 195. The van der Waals surface area contributed by atoms with Gasteiger partial charge in [-0.1, -0.05) is 22.9 Å². The Balaban J connectivity index is 3.44. The van der Waals surface area contributed by atoms with Crippen molar-refractivity contribution in [2.45, 2.75) is 31.5 Å². The van der Waals surface area contributed by atoms with Gasteiger partial charge in [-0.3, -0.25) is 9.59 Å². The van der Waals surface area contributed by atoms with Gasteiger partial charge < -0.3 is 10.6 Å². The fourth-order valence-corrected chi connectivity index (χ4v) is 0.955. The van der Waals surface area contributed by atoms with Gasteiger partial charge in [0, 0.05) is 19.5 Å². The zero-order valence-electron chi connectivity index (χ0n) is 8.60. The average Bonchev–Trinajstić information content (AvgIpc) is 2.14.